The molecule has 1 saturated carbocycles. The summed E-state index contributed by atoms with van der Waals surface area (Å²) in [5, 5.41) is 3.10. The maximum absolute atomic E-state index is 12.6. The quantitative estimate of drug-likeness (QED) is 0.831. The van der Waals surface area contributed by atoms with Crippen molar-refractivity contribution < 1.29 is 4.79 Å². The molecule has 1 aliphatic carbocycles. The second-order valence-corrected chi connectivity index (χ2v) is 6.55. The van der Waals surface area contributed by atoms with Gasteiger partial charge in [0.15, 0.2) is 0 Å². The Morgan fingerprint density at radius 3 is 2.27 bits per heavy atom. The highest BCUT2D eigenvalue weighted by molar-refractivity contribution is 5.85. The molecule has 0 aliphatic heterocycles. The smallest absolute Gasteiger partial charge is 0.227 e. The molecular weight excluding hydrogens is 296 g/mol. The minimum atomic E-state index is 0. The van der Waals surface area contributed by atoms with Gasteiger partial charge in [0.05, 0.1) is 0 Å². The molecule has 1 atom stereocenters. The molecule has 3 nitrogen and oxygen atoms in total. The molecule has 1 fully saturated rings. The SMILES string of the molecule is CNCC(C)C(=O)N(Cc1ccc(C(C)C)cc1)C1CC1.Cl. The third-order valence-corrected chi connectivity index (χ3v) is 4.20. The van der Waals surface area contributed by atoms with Crippen LogP contribution in [0.2, 0.25) is 0 Å². The summed E-state index contributed by atoms with van der Waals surface area (Å²) in [4.78, 5) is 14.7. The molecule has 1 aromatic carbocycles. The number of carbonyl (C=O) groups excluding carboxylic acids is 1. The summed E-state index contributed by atoms with van der Waals surface area (Å²) >= 11 is 0. The van der Waals surface area contributed by atoms with Gasteiger partial charge in [-0.3, -0.25) is 4.79 Å². The zero-order chi connectivity index (χ0) is 15.4. The molecule has 124 valence electrons. The number of hydrogen-bond donors (Lipinski definition) is 1. The van der Waals surface area contributed by atoms with E-state index in [2.05, 4.69) is 48.3 Å². The largest absolute Gasteiger partial charge is 0.335 e. The van der Waals surface area contributed by atoms with Crippen molar-refractivity contribution in [1.82, 2.24) is 10.2 Å². The summed E-state index contributed by atoms with van der Waals surface area (Å²) in [6.45, 7) is 7.91. The highest BCUT2D eigenvalue weighted by atomic mass is 35.5. The number of rotatable bonds is 7. The molecule has 22 heavy (non-hydrogen) atoms. The van der Waals surface area contributed by atoms with E-state index in [1.54, 1.807) is 0 Å². The van der Waals surface area contributed by atoms with Gasteiger partial charge in [-0.05, 0) is 36.9 Å². The normalized spacial score (nSPS) is 15.3. The Balaban J connectivity index is 0.00000242. The Hall–Kier alpha value is -1.06. The lowest BCUT2D eigenvalue weighted by Crippen LogP contribution is -2.39. The molecule has 1 unspecified atom stereocenters. The van der Waals surface area contributed by atoms with Gasteiger partial charge in [-0.25, -0.2) is 0 Å². The topological polar surface area (TPSA) is 32.3 Å². The average molecular weight is 325 g/mol. The Morgan fingerprint density at radius 2 is 1.82 bits per heavy atom. The molecule has 1 amide bonds. The molecule has 1 aliphatic rings. The second kappa shape index (κ2) is 8.54. The molecule has 0 aromatic heterocycles. The summed E-state index contributed by atoms with van der Waals surface area (Å²) in [5.74, 6) is 0.876. The lowest BCUT2D eigenvalue weighted by molar-refractivity contribution is -0.136. The van der Waals surface area contributed by atoms with Gasteiger partial charge in [0.1, 0.15) is 0 Å². The van der Waals surface area contributed by atoms with Crippen molar-refractivity contribution in [1.29, 1.82) is 0 Å². The summed E-state index contributed by atoms with van der Waals surface area (Å²) in [6, 6.07) is 9.17. The van der Waals surface area contributed by atoms with Crippen LogP contribution in [0.25, 0.3) is 0 Å². The summed E-state index contributed by atoms with van der Waals surface area (Å²) in [7, 11) is 1.90. The van der Waals surface area contributed by atoms with Crippen LogP contribution < -0.4 is 5.32 Å². The van der Waals surface area contributed by atoms with E-state index in [1.165, 1.54) is 11.1 Å². The van der Waals surface area contributed by atoms with Gasteiger partial charge in [0, 0.05) is 25.0 Å². The molecule has 1 aromatic rings. The van der Waals surface area contributed by atoms with Crippen LogP contribution in [0, 0.1) is 5.92 Å². The molecule has 4 heteroatoms. The van der Waals surface area contributed by atoms with Crippen LogP contribution >= 0.6 is 12.4 Å². The molecular formula is C18H29ClN2O. The van der Waals surface area contributed by atoms with Gasteiger partial charge in [-0.15, -0.1) is 12.4 Å². The van der Waals surface area contributed by atoms with Crippen LogP contribution in [0.5, 0.6) is 0 Å². The number of benzene rings is 1. The van der Waals surface area contributed by atoms with Crippen molar-refractivity contribution in [2.75, 3.05) is 13.6 Å². The van der Waals surface area contributed by atoms with Gasteiger partial charge >= 0.3 is 0 Å². The maximum atomic E-state index is 12.6. The van der Waals surface area contributed by atoms with Gasteiger partial charge in [0.25, 0.3) is 0 Å². The van der Waals surface area contributed by atoms with Gasteiger partial charge in [-0.2, -0.15) is 0 Å². The van der Waals surface area contributed by atoms with Crippen molar-refractivity contribution in [2.45, 2.75) is 52.1 Å². The Morgan fingerprint density at radius 1 is 1.23 bits per heavy atom. The molecule has 1 N–H and O–H groups in total. The van der Waals surface area contributed by atoms with E-state index in [0.29, 0.717) is 12.0 Å². The zero-order valence-electron chi connectivity index (χ0n) is 14.1. The number of halogens is 1. The number of carbonyl (C=O) groups is 1. The van der Waals surface area contributed by atoms with Crippen molar-refractivity contribution in [3.63, 3.8) is 0 Å². The maximum Gasteiger partial charge on any atom is 0.227 e. The zero-order valence-corrected chi connectivity index (χ0v) is 15.0. The highest BCUT2D eigenvalue weighted by Gasteiger charge is 2.34. The van der Waals surface area contributed by atoms with E-state index in [1.807, 2.05) is 14.0 Å². The fourth-order valence-electron chi connectivity index (χ4n) is 2.65. The Bertz CT molecular complexity index is 468. The standard InChI is InChI=1S/C18H28N2O.ClH/c1-13(2)16-7-5-15(6-8-16)12-20(17-9-10-17)18(21)14(3)11-19-4;/h5-8,13-14,17,19H,9-12H2,1-4H3;1H. The minimum absolute atomic E-state index is 0. The fraction of sp³-hybridized carbons (Fsp3) is 0.611. The van der Waals surface area contributed by atoms with Gasteiger partial charge < -0.3 is 10.2 Å². The molecule has 0 spiro atoms. The first-order valence-electron chi connectivity index (χ1n) is 8.06. The van der Waals surface area contributed by atoms with E-state index in [-0.39, 0.29) is 24.2 Å². The third-order valence-electron chi connectivity index (χ3n) is 4.20. The Kier molecular flexibility index (Phi) is 7.37. The van der Waals surface area contributed by atoms with Crippen LogP contribution in [0.15, 0.2) is 24.3 Å². The predicted octanol–water partition coefficient (Wildman–Crippen LogP) is 3.58. The first-order valence-corrected chi connectivity index (χ1v) is 8.06. The van der Waals surface area contributed by atoms with Crippen molar-refractivity contribution in [3.05, 3.63) is 35.4 Å². The van der Waals surface area contributed by atoms with Crippen LogP contribution in [-0.2, 0) is 11.3 Å². The average Bonchev–Trinajstić information content (AvgIpc) is 3.29. The number of nitrogens with one attached hydrogen (secondary N) is 1. The number of hydrogen-bond acceptors (Lipinski definition) is 2. The van der Waals surface area contributed by atoms with E-state index >= 15 is 0 Å². The van der Waals surface area contributed by atoms with Crippen molar-refractivity contribution in [3.8, 4) is 0 Å². The highest BCUT2D eigenvalue weighted by Crippen LogP contribution is 2.30. The number of amides is 1. The lowest BCUT2D eigenvalue weighted by Gasteiger charge is -2.26. The molecule has 0 bridgehead atoms. The van der Waals surface area contributed by atoms with Crippen LogP contribution in [0.1, 0.15) is 50.7 Å². The van der Waals surface area contributed by atoms with E-state index in [9.17, 15) is 4.79 Å². The molecule has 0 heterocycles. The molecule has 2 rings (SSSR count). The van der Waals surface area contributed by atoms with Crippen LogP contribution in [0.4, 0.5) is 0 Å². The van der Waals surface area contributed by atoms with Crippen molar-refractivity contribution in [2.24, 2.45) is 5.92 Å². The predicted molar refractivity (Wildman–Crippen MR) is 94.4 cm³/mol. The first kappa shape index (κ1) is 19.0. The van der Waals surface area contributed by atoms with Gasteiger partial charge in [-0.1, -0.05) is 45.0 Å². The van der Waals surface area contributed by atoms with Gasteiger partial charge in [0.2, 0.25) is 5.91 Å². The first-order chi connectivity index (χ1) is 10.0. The van der Waals surface area contributed by atoms with E-state index in [4.69, 9.17) is 0 Å². The van der Waals surface area contributed by atoms with Crippen molar-refractivity contribution >= 4 is 18.3 Å². The Labute approximate surface area is 140 Å². The molecule has 0 radical (unpaired) electrons. The second-order valence-electron chi connectivity index (χ2n) is 6.55. The summed E-state index contributed by atoms with van der Waals surface area (Å²) < 4.78 is 0. The molecule has 0 saturated heterocycles. The minimum Gasteiger partial charge on any atom is -0.335 e. The van der Waals surface area contributed by atoms with Crippen LogP contribution in [-0.4, -0.2) is 30.4 Å². The monoisotopic (exact) mass is 324 g/mol. The third kappa shape index (κ3) is 4.99. The lowest BCUT2D eigenvalue weighted by atomic mass is 10.0. The fourth-order valence-corrected chi connectivity index (χ4v) is 2.65. The summed E-state index contributed by atoms with van der Waals surface area (Å²) in [5.41, 5.74) is 2.59. The summed E-state index contributed by atoms with van der Waals surface area (Å²) in [6.07, 6.45) is 2.31. The van der Waals surface area contributed by atoms with E-state index in [0.717, 1.165) is 25.9 Å². The van der Waals surface area contributed by atoms with E-state index < -0.39 is 0 Å². The number of nitrogens with zero attached hydrogens (tertiary/aromatic N) is 1. The van der Waals surface area contributed by atoms with Crippen LogP contribution in [0.3, 0.4) is 0 Å².